The Balaban J connectivity index is 1.84. The van der Waals surface area contributed by atoms with Crippen LogP contribution < -0.4 is 10.1 Å². The summed E-state index contributed by atoms with van der Waals surface area (Å²) in [7, 11) is 1.68. The molecule has 33 heavy (non-hydrogen) atoms. The molecule has 2 aromatic carbocycles. The van der Waals surface area contributed by atoms with Crippen LogP contribution in [0.5, 0.6) is 11.5 Å². The van der Waals surface area contributed by atoms with Crippen LogP contribution in [0, 0.1) is 0 Å². The minimum absolute atomic E-state index is 0.0192. The highest BCUT2D eigenvalue weighted by molar-refractivity contribution is 6.42. The van der Waals surface area contributed by atoms with Crippen LogP contribution in [0.25, 0.3) is 0 Å². The highest BCUT2D eigenvalue weighted by Crippen LogP contribution is 2.32. The second kappa shape index (κ2) is 10.6. The summed E-state index contributed by atoms with van der Waals surface area (Å²) in [6.07, 6.45) is -0.430. The number of nitrogens with one attached hydrogen (secondary N) is 1. The summed E-state index contributed by atoms with van der Waals surface area (Å²) in [5.41, 5.74) is 1.22. The maximum Gasteiger partial charge on any atom is 0.410 e. The first kappa shape index (κ1) is 25.1. The molecule has 178 valence electrons. The SMILES string of the molecule is CN(Cc1cc(CN2CCNC(=O)C2)ccc1Oc1ccc(Cl)c(Cl)c1)C(=O)OC(C)(C)C. The maximum absolute atomic E-state index is 12.5. The third-order valence-corrected chi connectivity index (χ3v) is 5.62. The van der Waals surface area contributed by atoms with Gasteiger partial charge in [-0.3, -0.25) is 9.69 Å². The van der Waals surface area contributed by atoms with E-state index in [2.05, 4.69) is 10.2 Å². The van der Waals surface area contributed by atoms with Gasteiger partial charge in [-0.15, -0.1) is 0 Å². The minimum Gasteiger partial charge on any atom is -0.457 e. The molecule has 0 radical (unpaired) electrons. The number of halogens is 2. The number of benzene rings is 2. The van der Waals surface area contributed by atoms with Crippen LogP contribution in [0.4, 0.5) is 4.79 Å². The standard InChI is InChI=1S/C24H29Cl2N3O4/c1-24(2,3)33-23(31)28(4)14-17-11-16(13-29-10-9-27-22(30)15-29)5-8-21(17)32-18-6-7-19(25)20(26)12-18/h5-8,11-12H,9-10,13-15H2,1-4H3,(H,27,30). The molecule has 0 aliphatic carbocycles. The van der Waals surface area contributed by atoms with E-state index in [1.165, 1.54) is 4.90 Å². The predicted molar refractivity (Wildman–Crippen MR) is 129 cm³/mol. The molecule has 2 aromatic rings. The molecular weight excluding hydrogens is 465 g/mol. The smallest absolute Gasteiger partial charge is 0.410 e. The fourth-order valence-corrected chi connectivity index (χ4v) is 3.65. The van der Waals surface area contributed by atoms with Gasteiger partial charge in [-0.1, -0.05) is 29.3 Å². The summed E-state index contributed by atoms with van der Waals surface area (Å²) >= 11 is 12.1. The molecule has 9 heteroatoms. The summed E-state index contributed by atoms with van der Waals surface area (Å²) in [6.45, 7) is 8.14. The molecule has 3 rings (SSSR count). The zero-order chi connectivity index (χ0) is 24.2. The van der Waals surface area contributed by atoms with Crippen molar-refractivity contribution < 1.29 is 19.1 Å². The number of amides is 2. The average Bonchev–Trinajstić information content (AvgIpc) is 2.71. The molecule has 0 spiro atoms. The third-order valence-electron chi connectivity index (χ3n) is 4.88. The minimum atomic E-state index is -0.596. The monoisotopic (exact) mass is 493 g/mol. The Morgan fingerprint density at radius 1 is 1.15 bits per heavy atom. The number of hydrogen-bond acceptors (Lipinski definition) is 5. The highest BCUT2D eigenvalue weighted by Gasteiger charge is 2.22. The number of carbonyl (C=O) groups excluding carboxylic acids is 2. The van der Waals surface area contributed by atoms with Crippen molar-refractivity contribution in [3.05, 3.63) is 57.6 Å². The van der Waals surface area contributed by atoms with E-state index in [0.717, 1.165) is 17.7 Å². The van der Waals surface area contributed by atoms with Gasteiger partial charge in [0.25, 0.3) is 0 Å². The molecule has 7 nitrogen and oxygen atoms in total. The zero-order valence-electron chi connectivity index (χ0n) is 19.3. The van der Waals surface area contributed by atoms with E-state index >= 15 is 0 Å². The summed E-state index contributed by atoms with van der Waals surface area (Å²) in [5, 5.41) is 3.66. The van der Waals surface area contributed by atoms with Gasteiger partial charge in [-0.05, 0) is 50.6 Å². The van der Waals surface area contributed by atoms with Crippen molar-refractivity contribution in [1.29, 1.82) is 0 Å². The lowest BCUT2D eigenvalue weighted by molar-refractivity contribution is -0.124. The van der Waals surface area contributed by atoms with Gasteiger partial charge < -0.3 is 19.7 Å². The Morgan fingerprint density at radius 3 is 2.58 bits per heavy atom. The Hall–Kier alpha value is -2.48. The lowest BCUT2D eigenvalue weighted by atomic mass is 10.1. The molecular formula is C24H29Cl2N3O4. The Labute approximate surface area is 204 Å². The van der Waals surface area contributed by atoms with Crippen LogP contribution in [0.1, 0.15) is 31.9 Å². The fraction of sp³-hybridized carbons (Fsp3) is 0.417. The Morgan fingerprint density at radius 2 is 1.91 bits per heavy atom. The third kappa shape index (κ3) is 7.52. The number of rotatable bonds is 6. The first-order chi connectivity index (χ1) is 15.5. The molecule has 1 fully saturated rings. The van der Waals surface area contributed by atoms with Crippen LogP contribution in [-0.2, 0) is 22.6 Å². The van der Waals surface area contributed by atoms with Crippen molar-refractivity contribution >= 4 is 35.2 Å². The number of nitrogens with zero attached hydrogens (tertiary/aromatic N) is 2. The van der Waals surface area contributed by atoms with E-state index in [4.69, 9.17) is 32.7 Å². The topological polar surface area (TPSA) is 71.1 Å². The van der Waals surface area contributed by atoms with Crippen LogP contribution in [-0.4, -0.2) is 54.1 Å². The summed E-state index contributed by atoms with van der Waals surface area (Å²) < 4.78 is 11.6. The van der Waals surface area contributed by atoms with Crippen molar-refractivity contribution in [2.75, 3.05) is 26.7 Å². The summed E-state index contributed by atoms with van der Waals surface area (Å²) in [5.74, 6) is 1.14. The molecule has 1 aliphatic rings. The average molecular weight is 494 g/mol. The molecule has 0 bridgehead atoms. The zero-order valence-corrected chi connectivity index (χ0v) is 20.8. The lowest BCUT2D eigenvalue weighted by Crippen LogP contribution is -2.47. The normalized spacial score (nSPS) is 14.5. The maximum atomic E-state index is 12.5. The molecule has 1 N–H and O–H groups in total. The van der Waals surface area contributed by atoms with Gasteiger partial charge in [-0.2, -0.15) is 0 Å². The molecule has 0 unspecified atom stereocenters. The first-order valence-electron chi connectivity index (χ1n) is 10.7. The van der Waals surface area contributed by atoms with Crippen LogP contribution in [0.15, 0.2) is 36.4 Å². The molecule has 1 saturated heterocycles. The summed E-state index contributed by atoms with van der Waals surface area (Å²) in [4.78, 5) is 27.8. The van der Waals surface area contributed by atoms with Gasteiger partial charge in [-0.25, -0.2) is 4.79 Å². The van der Waals surface area contributed by atoms with Crippen molar-refractivity contribution in [3.63, 3.8) is 0 Å². The van der Waals surface area contributed by atoms with Gasteiger partial charge >= 0.3 is 6.09 Å². The van der Waals surface area contributed by atoms with Crippen molar-refractivity contribution in [2.45, 2.75) is 39.5 Å². The van der Waals surface area contributed by atoms with Crippen molar-refractivity contribution in [2.24, 2.45) is 0 Å². The van der Waals surface area contributed by atoms with Crippen LogP contribution in [0.3, 0.4) is 0 Å². The Bertz CT molecular complexity index is 1020. The van der Waals surface area contributed by atoms with E-state index in [1.807, 2.05) is 39.0 Å². The quantitative estimate of drug-likeness (QED) is 0.606. The van der Waals surface area contributed by atoms with E-state index < -0.39 is 11.7 Å². The van der Waals surface area contributed by atoms with Gasteiger partial charge in [0, 0.05) is 38.3 Å². The first-order valence-corrected chi connectivity index (χ1v) is 11.4. The number of hydrogen-bond donors (Lipinski definition) is 1. The molecule has 0 saturated carbocycles. The second-order valence-corrected chi connectivity index (χ2v) is 9.83. The number of ether oxygens (including phenoxy) is 2. The van der Waals surface area contributed by atoms with Crippen molar-refractivity contribution in [3.8, 4) is 11.5 Å². The van der Waals surface area contributed by atoms with E-state index in [1.54, 1.807) is 25.2 Å². The molecule has 1 aliphatic heterocycles. The molecule has 1 heterocycles. The number of piperazine rings is 1. The van der Waals surface area contributed by atoms with E-state index in [9.17, 15) is 9.59 Å². The van der Waals surface area contributed by atoms with Gasteiger partial charge in [0.2, 0.25) is 5.91 Å². The van der Waals surface area contributed by atoms with E-state index in [0.29, 0.717) is 41.2 Å². The Kier molecular flexibility index (Phi) is 8.10. The highest BCUT2D eigenvalue weighted by atomic mass is 35.5. The molecule has 2 amide bonds. The fourth-order valence-electron chi connectivity index (χ4n) is 3.37. The van der Waals surface area contributed by atoms with Crippen LogP contribution >= 0.6 is 23.2 Å². The van der Waals surface area contributed by atoms with Gasteiger partial charge in [0.05, 0.1) is 23.1 Å². The second-order valence-electron chi connectivity index (χ2n) is 9.02. The number of carbonyl (C=O) groups is 2. The summed E-state index contributed by atoms with van der Waals surface area (Å²) in [6, 6.07) is 10.8. The molecule has 0 aromatic heterocycles. The lowest BCUT2D eigenvalue weighted by Gasteiger charge is -2.27. The predicted octanol–water partition coefficient (Wildman–Crippen LogP) is 5.08. The van der Waals surface area contributed by atoms with Gasteiger partial charge in [0.15, 0.2) is 0 Å². The van der Waals surface area contributed by atoms with Crippen molar-refractivity contribution in [1.82, 2.24) is 15.1 Å². The van der Waals surface area contributed by atoms with Crippen LogP contribution in [0.2, 0.25) is 10.0 Å². The van der Waals surface area contributed by atoms with Gasteiger partial charge in [0.1, 0.15) is 17.1 Å². The largest absolute Gasteiger partial charge is 0.457 e. The van der Waals surface area contributed by atoms with E-state index in [-0.39, 0.29) is 12.5 Å². The molecule has 0 atom stereocenters.